The van der Waals surface area contributed by atoms with Crippen LogP contribution in [0.2, 0.25) is 5.02 Å². The third-order valence-corrected chi connectivity index (χ3v) is 13.9. The number of pyridine rings is 4. The second-order valence-corrected chi connectivity index (χ2v) is 18.5. The van der Waals surface area contributed by atoms with Gasteiger partial charge in [-0.15, -0.1) is 29.7 Å². The topological polar surface area (TPSA) is 95.2 Å². The Morgan fingerprint density at radius 3 is 1.25 bits per heavy atom. The molecule has 0 amide bonds. The summed E-state index contributed by atoms with van der Waals surface area (Å²) in [5.74, 6) is 0. The van der Waals surface area contributed by atoms with E-state index in [-0.39, 0.29) is 20.1 Å². The van der Waals surface area contributed by atoms with Gasteiger partial charge >= 0.3 is 0 Å². The number of hydrogen-bond acceptors (Lipinski definition) is 5. The maximum atomic E-state index is 6.10. The molecule has 16 aromatic rings. The Bertz CT molecular complexity index is 4170. The second-order valence-electron chi connectivity index (χ2n) is 18.1. The smallest absolute Gasteiger partial charge is 0.145 e. The van der Waals surface area contributed by atoms with Gasteiger partial charge in [0.25, 0.3) is 0 Å². The number of hydrogen-bond donors (Lipinski definition) is 1. The van der Waals surface area contributed by atoms with E-state index in [2.05, 4.69) is 173 Å². The van der Waals surface area contributed by atoms with Gasteiger partial charge in [-0.05, 0) is 82.9 Å². The third kappa shape index (κ3) is 7.75. The third-order valence-electron chi connectivity index (χ3n) is 13.6. The van der Waals surface area contributed by atoms with E-state index in [4.69, 9.17) is 17.3 Å². The van der Waals surface area contributed by atoms with Crippen molar-refractivity contribution in [2.45, 2.75) is 13.8 Å². The SMILES string of the molecule is Cc1ccc2c3ccc[c-]c3c3nccn3c2c1.Cc1ccc2c3ccccc3c3nccn3c2c1.Clc1ccc2c3ccccc3c3nccn3c2c1.Nc1ccc2c3ccccc3c3nccn3c2c1.[Ir]. The van der Waals surface area contributed by atoms with E-state index in [9.17, 15) is 0 Å². The first-order valence-corrected chi connectivity index (χ1v) is 24.1. The molecular weight excluding hydrogens is 1100 g/mol. The molecule has 0 fully saturated rings. The summed E-state index contributed by atoms with van der Waals surface area (Å²) in [4.78, 5) is 17.8. The molecule has 0 saturated heterocycles. The van der Waals surface area contributed by atoms with Crippen LogP contribution in [0.25, 0.3) is 109 Å². The normalized spacial score (nSPS) is 11.4. The number of halogens is 1. The van der Waals surface area contributed by atoms with Crippen LogP contribution in [-0.2, 0) is 20.1 Å². The average molecular weight is 1140 g/mol. The first-order chi connectivity index (χ1) is 35.4. The van der Waals surface area contributed by atoms with Crippen LogP contribution in [0, 0.1) is 19.9 Å². The van der Waals surface area contributed by atoms with Crippen LogP contribution in [0.5, 0.6) is 0 Å². The van der Waals surface area contributed by atoms with Crippen molar-refractivity contribution in [3.8, 4) is 0 Å². The molecule has 353 valence electrons. The molecular formula is C62H43ClIrN9-. The van der Waals surface area contributed by atoms with Crippen molar-refractivity contribution >= 4 is 127 Å². The number of benzene rings is 8. The largest absolute Gasteiger partial charge is 0.399 e. The van der Waals surface area contributed by atoms with Crippen LogP contribution in [0.3, 0.4) is 0 Å². The zero-order valence-corrected chi connectivity index (χ0v) is 42.7. The van der Waals surface area contributed by atoms with Crippen LogP contribution in [0.1, 0.15) is 11.1 Å². The van der Waals surface area contributed by atoms with Crippen molar-refractivity contribution in [1.29, 1.82) is 0 Å². The second kappa shape index (κ2) is 18.5. The standard InChI is InChI=1S/C16H12N2.C16H11N2.C15H9ClN2.C15H11N3.Ir/c2*1-11-6-7-13-12-4-2-3-5-14(12)16-17-8-9-18(16)15(13)10-11;2*16-10-5-6-12-11-3-1-2-4-13(11)15-17-7-8-18(15)14(12)9-10;/h2-10H,1H3;2-4,6-10H,1H3;1-9H;1-9H,16H2;/q;-1;;;. The van der Waals surface area contributed by atoms with Crippen molar-refractivity contribution in [2.75, 3.05) is 5.73 Å². The van der Waals surface area contributed by atoms with Gasteiger partial charge in [0.2, 0.25) is 0 Å². The van der Waals surface area contributed by atoms with E-state index >= 15 is 0 Å². The summed E-state index contributed by atoms with van der Waals surface area (Å²) < 4.78 is 8.49. The van der Waals surface area contributed by atoms with E-state index in [1.54, 1.807) is 0 Å². The molecule has 0 aliphatic carbocycles. The Balaban J connectivity index is 0.0000000987. The quantitative estimate of drug-likeness (QED) is 0.0927. The summed E-state index contributed by atoms with van der Waals surface area (Å²) in [6, 6.07) is 59.6. The fraction of sp³-hybridized carbons (Fsp3) is 0.0323. The van der Waals surface area contributed by atoms with Gasteiger partial charge in [0.15, 0.2) is 0 Å². The molecule has 11 heteroatoms. The Labute approximate surface area is 436 Å². The zero-order valence-electron chi connectivity index (χ0n) is 39.6. The minimum Gasteiger partial charge on any atom is -0.399 e. The fourth-order valence-corrected chi connectivity index (χ4v) is 10.6. The molecule has 9 nitrogen and oxygen atoms in total. The monoisotopic (exact) mass is 1140 g/mol. The Hall–Kier alpha value is -8.66. The molecule has 0 bridgehead atoms. The van der Waals surface area contributed by atoms with Gasteiger partial charge in [-0.1, -0.05) is 126 Å². The number of aryl methyl sites for hydroxylation is 2. The van der Waals surface area contributed by atoms with Crippen LogP contribution in [0.15, 0.2) is 213 Å². The molecule has 16 rings (SSSR count). The molecule has 0 saturated carbocycles. The summed E-state index contributed by atoms with van der Waals surface area (Å²) in [5.41, 5.74) is 17.8. The summed E-state index contributed by atoms with van der Waals surface area (Å²) in [5, 5.41) is 15.2. The first kappa shape index (κ1) is 45.5. The summed E-state index contributed by atoms with van der Waals surface area (Å²) in [6.45, 7) is 4.24. The predicted octanol–water partition coefficient (Wildman–Crippen LogP) is 15.2. The molecule has 0 aliphatic heterocycles. The van der Waals surface area contributed by atoms with E-state index in [0.29, 0.717) is 0 Å². The Morgan fingerprint density at radius 1 is 0.384 bits per heavy atom. The van der Waals surface area contributed by atoms with Gasteiger partial charge in [-0.3, -0.25) is 18.2 Å². The van der Waals surface area contributed by atoms with E-state index in [0.717, 1.165) is 55.1 Å². The number of imidazole rings is 4. The minimum absolute atomic E-state index is 0. The Morgan fingerprint density at radius 2 is 0.753 bits per heavy atom. The molecule has 1 radical (unpaired) electrons. The molecule has 8 aromatic heterocycles. The van der Waals surface area contributed by atoms with Crippen molar-refractivity contribution in [1.82, 2.24) is 37.5 Å². The number of aromatic nitrogens is 8. The molecule has 8 heterocycles. The van der Waals surface area contributed by atoms with Gasteiger partial charge in [0.1, 0.15) is 16.9 Å². The van der Waals surface area contributed by atoms with Crippen LogP contribution < -0.4 is 5.73 Å². The van der Waals surface area contributed by atoms with Crippen molar-refractivity contribution in [2.24, 2.45) is 0 Å². The van der Waals surface area contributed by atoms with Gasteiger partial charge < -0.3 is 10.1 Å². The van der Waals surface area contributed by atoms with Gasteiger partial charge in [0, 0.05) is 118 Å². The van der Waals surface area contributed by atoms with Gasteiger partial charge in [-0.25, -0.2) is 15.0 Å². The zero-order chi connectivity index (χ0) is 48.5. The van der Waals surface area contributed by atoms with Crippen LogP contribution >= 0.6 is 11.6 Å². The van der Waals surface area contributed by atoms with Crippen molar-refractivity contribution < 1.29 is 20.1 Å². The minimum atomic E-state index is 0. The van der Waals surface area contributed by atoms with E-state index < -0.39 is 0 Å². The molecule has 0 aliphatic rings. The number of nitrogens with two attached hydrogens (primary N) is 1. The number of fused-ring (bicyclic) bond motifs is 24. The van der Waals surface area contributed by atoms with E-state index in [1.165, 1.54) is 76.0 Å². The Kier molecular flexibility index (Phi) is 11.5. The fourth-order valence-electron chi connectivity index (χ4n) is 10.4. The molecule has 2 N–H and O–H groups in total. The number of nitrogen functional groups attached to an aromatic ring is 1. The van der Waals surface area contributed by atoms with Crippen molar-refractivity contribution in [3.05, 3.63) is 236 Å². The first-order valence-electron chi connectivity index (χ1n) is 23.7. The summed E-state index contributed by atoms with van der Waals surface area (Å²) in [6.07, 6.45) is 15.3. The van der Waals surface area contributed by atoms with Crippen LogP contribution in [0.4, 0.5) is 5.69 Å². The van der Waals surface area contributed by atoms with Crippen molar-refractivity contribution in [3.63, 3.8) is 0 Å². The number of anilines is 1. The average Bonchev–Trinajstić information content (AvgIpc) is 4.28. The van der Waals surface area contributed by atoms with Gasteiger partial charge in [0.05, 0.1) is 22.2 Å². The predicted molar refractivity (Wildman–Crippen MR) is 299 cm³/mol. The number of rotatable bonds is 0. The van der Waals surface area contributed by atoms with Gasteiger partial charge in [-0.2, -0.15) is 0 Å². The molecule has 0 spiro atoms. The summed E-state index contributed by atoms with van der Waals surface area (Å²) in [7, 11) is 0. The molecule has 73 heavy (non-hydrogen) atoms. The van der Waals surface area contributed by atoms with Crippen LogP contribution in [-0.4, -0.2) is 37.5 Å². The maximum absolute atomic E-state index is 6.10. The molecule has 0 unspecified atom stereocenters. The van der Waals surface area contributed by atoms with E-state index in [1.807, 2.05) is 98.1 Å². The molecule has 0 atom stereocenters. The maximum Gasteiger partial charge on any atom is 0.145 e. The molecule has 8 aromatic carbocycles. The number of nitrogens with zero attached hydrogens (tertiary/aromatic N) is 8. The summed E-state index contributed by atoms with van der Waals surface area (Å²) >= 11 is 6.10.